The fourth-order valence-electron chi connectivity index (χ4n) is 7.75. The minimum atomic E-state index is -1.44. The Morgan fingerprint density at radius 2 is 0.806 bits per heavy atom. The molecule has 0 bridgehead atoms. The summed E-state index contributed by atoms with van der Waals surface area (Å²) in [6.07, 6.45) is 4.34. The van der Waals surface area contributed by atoms with Crippen LogP contribution in [-0.2, 0) is 0 Å². The highest BCUT2D eigenvalue weighted by atomic mass is 28.3. The van der Waals surface area contributed by atoms with E-state index in [2.05, 4.69) is 206 Å². The number of hydrogen-bond acceptors (Lipinski definition) is 3. The molecule has 4 nitrogen and oxygen atoms in total. The molecule has 62 heavy (non-hydrogen) atoms. The van der Waals surface area contributed by atoms with Gasteiger partial charge in [0, 0.05) is 34.1 Å². The van der Waals surface area contributed by atoms with Crippen molar-refractivity contribution in [3.05, 3.63) is 210 Å². The van der Waals surface area contributed by atoms with E-state index in [1.165, 1.54) is 26.7 Å². The van der Waals surface area contributed by atoms with Crippen LogP contribution in [0.1, 0.15) is 16.7 Å². The Morgan fingerprint density at radius 1 is 0.435 bits per heavy atom. The van der Waals surface area contributed by atoms with Crippen LogP contribution in [0.15, 0.2) is 182 Å². The number of nitrogens with zero attached hydrogens (tertiary/aromatic N) is 4. The first-order valence-corrected chi connectivity index (χ1v) is 28.1. The molecule has 0 aliphatic rings. The lowest BCUT2D eigenvalue weighted by Gasteiger charge is -2.27. The largest absolute Gasteiger partial charge is 0.311 e. The Bertz CT molecular complexity index is 2940. The minimum absolute atomic E-state index is 0.631. The van der Waals surface area contributed by atoms with Gasteiger partial charge in [0.05, 0.1) is 34.4 Å². The molecule has 0 spiro atoms. The summed E-state index contributed by atoms with van der Waals surface area (Å²) in [7, 11) is -2.88. The smallest absolute Gasteiger partial charge is 0.187 e. The Balaban J connectivity index is 1.00. The van der Waals surface area contributed by atoms with E-state index in [1.807, 2.05) is 48.5 Å². The predicted octanol–water partition coefficient (Wildman–Crippen LogP) is 15.1. The van der Waals surface area contributed by atoms with E-state index in [-0.39, 0.29) is 0 Å². The van der Waals surface area contributed by atoms with Crippen LogP contribution >= 0.6 is 0 Å². The van der Waals surface area contributed by atoms with Gasteiger partial charge in [-0.05, 0) is 130 Å². The molecular weight excluding hydrogens is 785 g/mol. The van der Waals surface area contributed by atoms with Gasteiger partial charge in [-0.25, -0.2) is 4.85 Å². The Labute approximate surface area is 369 Å². The van der Waals surface area contributed by atoms with Crippen LogP contribution in [0.5, 0.6) is 0 Å². The first-order valence-electron chi connectivity index (χ1n) is 21.1. The number of nitriles is 1. The minimum Gasteiger partial charge on any atom is -0.311 e. The van der Waals surface area contributed by atoms with Crippen LogP contribution in [0.2, 0.25) is 39.3 Å². The van der Waals surface area contributed by atoms with Crippen LogP contribution in [0.3, 0.4) is 0 Å². The summed E-state index contributed by atoms with van der Waals surface area (Å²) >= 11 is 0. The van der Waals surface area contributed by atoms with Gasteiger partial charge < -0.3 is 9.80 Å². The molecule has 0 unspecified atom stereocenters. The Kier molecular flexibility index (Phi) is 11.6. The SMILES string of the molecule is [C-]#[N+]c1ccc(N(c2ccc(/C=C/c3ccc4cc(-c5ccc(N(c6ccc(C#N)cc6)c6ccc([Si](C)(C)C)cc6)cc5)ccc4c3)cc2)c2ccc([Si](C)(C)C)cc2)cc1. The van der Waals surface area contributed by atoms with Crippen molar-refractivity contribution in [3.63, 3.8) is 0 Å². The van der Waals surface area contributed by atoms with Gasteiger partial charge in [0.25, 0.3) is 0 Å². The topological polar surface area (TPSA) is 34.6 Å². The molecule has 0 saturated carbocycles. The van der Waals surface area contributed by atoms with Gasteiger partial charge >= 0.3 is 0 Å². The summed E-state index contributed by atoms with van der Waals surface area (Å²) in [5, 5.41) is 14.7. The molecule has 8 aromatic rings. The molecular formula is C56H50N4Si2. The third-order valence-corrected chi connectivity index (χ3v) is 15.5. The fourth-order valence-corrected chi connectivity index (χ4v) is 10.1. The summed E-state index contributed by atoms with van der Waals surface area (Å²) in [6.45, 7) is 21.6. The van der Waals surface area contributed by atoms with E-state index in [4.69, 9.17) is 6.57 Å². The van der Waals surface area contributed by atoms with Crippen LogP contribution in [0.25, 0.3) is 38.9 Å². The van der Waals surface area contributed by atoms with Gasteiger partial charge in [-0.2, -0.15) is 5.26 Å². The lowest BCUT2D eigenvalue weighted by molar-refractivity contribution is 1.28. The van der Waals surface area contributed by atoms with Crippen LogP contribution in [-0.4, -0.2) is 16.1 Å². The number of rotatable bonds is 11. The molecule has 0 heterocycles. The number of fused-ring (bicyclic) bond motifs is 1. The van der Waals surface area contributed by atoms with Gasteiger partial charge in [0.15, 0.2) is 5.69 Å². The zero-order valence-electron chi connectivity index (χ0n) is 36.3. The van der Waals surface area contributed by atoms with Crippen LogP contribution in [0, 0.1) is 17.9 Å². The van der Waals surface area contributed by atoms with E-state index in [0.29, 0.717) is 11.3 Å². The van der Waals surface area contributed by atoms with Crippen molar-refractivity contribution in [1.82, 2.24) is 0 Å². The van der Waals surface area contributed by atoms with E-state index in [1.54, 1.807) is 0 Å². The molecule has 0 saturated heterocycles. The Morgan fingerprint density at radius 3 is 1.27 bits per heavy atom. The maximum atomic E-state index is 9.43. The molecule has 0 aliphatic heterocycles. The second kappa shape index (κ2) is 17.4. The molecule has 0 N–H and O–H groups in total. The third kappa shape index (κ3) is 9.23. The lowest BCUT2D eigenvalue weighted by Crippen LogP contribution is -2.37. The summed E-state index contributed by atoms with van der Waals surface area (Å²) in [5.74, 6) is 0. The zero-order chi connectivity index (χ0) is 43.4. The predicted molar refractivity (Wildman–Crippen MR) is 271 cm³/mol. The van der Waals surface area contributed by atoms with Gasteiger partial charge in [-0.3, -0.25) is 0 Å². The second-order valence-electron chi connectivity index (χ2n) is 17.8. The van der Waals surface area contributed by atoms with E-state index < -0.39 is 16.1 Å². The monoisotopic (exact) mass is 834 g/mol. The lowest BCUT2D eigenvalue weighted by atomic mass is 9.99. The molecule has 0 fully saturated rings. The van der Waals surface area contributed by atoms with E-state index >= 15 is 0 Å². The first-order chi connectivity index (χ1) is 29.9. The standard InChI is InChI=1S/C56H50N4Si2/c1-58-48-20-28-52(29-21-48)60(54-32-36-56(37-33-54)62(5,6)7)49-22-11-41(12-23-49)8-9-42-10-15-47-39-46(17-16-45(47)38-42)44-18-26-51(27-19-44)59(50-24-13-43(40-57)14-25-50)53-30-34-55(35-31-53)61(2,3)4/h8-39H,2-7H3/b9-8+. The van der Waals surface area contributed by atoms with Gasteiger partial charge in [-0.1, -0.05) is 147 Å². The highest BCUT2D eigenvalue weighted by Gasteiger charge is 2.20. The van der Waals surface area contributed by atoms with Gasteiger partial charge in [0.1, 0.15) is 0 Å². The van der Waals surface area contributed by atoms with Crippen molar-refractivity contribution in [1.29, 1.82) is 5.26 Å². The first kappa shape index (κ1) is 41.5. The normalized spacial score (nSPS) is 11.6. The molecule has 0 aliphatic carbocycles. The van der Waals surface area contributed by atoms with Crippen molar-refractivity contribution in [2.75, 3.05) is 9.80 Å². The molecule has 8 rings (SSSR count). The molecule has 0 amide bonds. The van der Waals surface area contributed by atoms with Crippen molar-refractivity contribution in [2.45, 2.75) is 39.3 Å². The van der Waals surface area contributed by atoms with Crippen molar-refractivity contribution in [2.24, 2.45) is 0 Å². The van der Waals surface area contributed by atoms with E-state index in [0.717, 1.165) is 50.8 Å². The van der Waals surface area contributed by atoms with Crippen molar-refractivity contribution in [3.8, 4) is 17.2 Å². The molecule has 0 radical (unpaired) electrons. The van der Waals surface area contributed by atoms with Crippen molar-refractivity contribution < 1.29 is 0 Å². The number of benzene rings is 8. The maximum absolute atomic E-state index is 9.43. The van der Waals surface area contributed by atoms with Gasteiger partial charge in [-0.15, -0.1) is 0 Å². The molecule has 6 heteroatoms. The average molecular weight is 835 g/mol. The molecule has 0 aromatic heterocycles. The molecule has 302 valence electrons. The fraction of sp³-hybridized carbons (Fsp3) is 0.107. The molecule has 8 aromatic carbocycles. The summed E-state index contributed by atoms with van der Waals surface area (Å²) in [4.78, 5) is 8.11. The van der Waals surface area contributed by atoms with E-state index in [9.17, 15) is 5.26 Å². The zero-order valence-corrected chi connectivity index (χ0v) is 38.3. The highest BCUT2D eigenvalue weighted by molar-refractivity contribution is 6.89. The third-order valence-electron chi connectivity index (χ3n) is 11.4. The summed E-state index contributed by atoms with van der Waals surface area (Å²) in [6, 6.07) is 66.5. The molecule has 0 atom stereocenters. The maximum Gasteiger partial charge on any atom is 0.187 e. The van der Waals surface area contributed by atoms with Crippen molar-refractivity contribution >= 4 is 89.3 Å². The summed E-state index contributed by atoms with van der Waals surface area (Å²) < 4.78 is 0. The average Bonchev–Trinajstić information content (AvgIpc) is 3.29. The quantitative estimate of drug-likeness (QED) is 0.0740. The summed E-state index contributed by atoms with van der Waals surface area (Å²) in [5.41, 5.74) is 12.2. The number of anilines is 6. The Hall–Kier alpha value is -7.23. The highest BCUT2D eigenvalue weighted by Crippen LogP contribution is 2.38. The van der Waals surface area contributed by atoms with Crippen LogP contribution < -0.4 is 20.2 Å². The van der Waals surface area contributed by atoms with Gasteiger partial charge in [0.2, 0.25) is 0 Å². The second-order valence-corrected chi connectivity index (χ2v) is 28.0. The number of hydrogen-bond donors (Lipinski definition) is 0. The van der Waals surface area contributed by atoms with Crippen LogP contribution in [0.4, 0.5) is 39.8 Å².